The fraction of sp³-hybridized carbons (Fsp3) is 0.435. The summed E-state index contributed by atoms with van der Waals surface area (Å²) in [6, 6.07) is 17.3. The average Bonchev–Trinajstić information content (AvgIpc) is 3.43. The molecule has 1 N–H and O–H groups in total. The molecule has 0 spiro atoms. The Morgan fingerprint density at radius 1 is 1.11 bits per heavy atom. The van der Waals surface area contributed by atoms with E-state index in [0.29, 0.717) is 11.8 Å². The van der Waals surface area contributed by atoms with Crippen molar-refractivity contribution < 1.29 is 9.18 Å². The van der Waals surface area contributed by atoms with Gasteiger partial charge >= 0.3 is 0 Å². The molecule has 1 saturated heterocycles. The Hall–Kier alpha value is -2.20. The normalized spacial score (nSPS) is 24.4. The highest BCUT2D eigenvalue weighted by molar-refractivity contribution is 5.74. The topological polar surface area (TPSA) is 32.3 Å². The quantitative estimate of drug-likeness (QED) is 0.866. The first-order valence-corrected chi connectivity index (χ1v) is 9.88. The second-order valence-corrected chi connectivity index (χ2v) is 8.08. The van der Waals surface area contributed by atoms with Crippen molar-refractivity contribution in [2.24, 2.45) is 5.92 Å². The molecule has 1 heterocycles. The third kappa shape index (κ3) is 4.06. The van der Waals surface area contributed by atoms with Crippen molar-refractivity contribution in [2.45, 2.75) is 37.6 Å². The maximum Gasteiger partial charge on any atom is 0.217 e. The molecule has 4 heteroatoms. The predicted octanol–water partition coefficient (Wildman–Crippen LogP) is 4.06. The van der Waals surface area contributed by atoms with E-state index in [-0.39, 0.29) is 17.3 Å². The van der Waals surface area contributed by atoms with Crippen LogP contribution < -0.4 is 5.32 Å². The molecule has 1 aliphatic heterocycles. The first kappa shape index (κ1) is 18.2. The minimum atomic E-state index is -0.247. The highest BCUT2D eigenvalue weighted by Gasteiger charge is 2.42. The van der Waals surface area contributed by atoms with Gasteiger partial charge in [0.2, 0.25) is 5.91 Å². The van der Waals surface area contributed by atoms with Crippen molar-refractivity contribution in [3.8, 4) is 0 Å². The van der Waals surface area contributed by atoms with E-state index in [9.17, 15) is 9.18 Å². The third-order valence-electron chi connectivity index (χ3n) is 6.16. The summed E-state index contributed by atoms with van der Waals surface area (Å²) in [5.74, 6) is 1.11. The van der Waals surface area contributed by atoms with Gasteiger partial charge in [0, 0.05) is 26.6 Å². The van der Waals surface area contributed by atoms with E-state index < -0.39 is 0 Å². The molecule has 142 valence electrons. The van der Waals surface area contributed by atoms with Crippen LogP contribution in [0.3, 0.4) is 0 Å². The molecular weight excluding hydrogens is 339 g/mol. The zero-order chi connectivity index (χ0) is 18.9. The Morgan fingerprint density at radius 2 is 1.78 bits per heavy atom. The molecule has 27 heavy (non-hydrogen) atoms. The van der Waals surface area contributed by atoms with Gasteiger partial charge in [-0.3, -0.25) is 4.79 Å². The number of carbonyl (C=O) groups is 1. The summed E-state index contributed by atoms with van der Waals surface area (Å²) >= 11 is 0. The van der Waals surface area contributed by atoms with Crippen molar-refractivity contribution in [1.82, 2.24) is 10.2 Å². The molecule has 2 atom stereocenters. The molecule has 1 saturated carbocycles. The molecule has 2 aromatic rings. The number of nitrogens with one attached hydrogen (secondary N) is 1. The number of amides is 1. The summed E-state index contributed by atoms with van der Waals surface area (Å²) in [5.41, 5.74) is 2.22. The van der Waals surface area contributed by atoms with E-state index in [1.165, 1.54) is 17.5 Å². The lowest BCUT2D eigenvalue weighted by Crippen LogP contribution is -2.52. The van der Waals surface area contributed by atoms with Crippen LogP contribution in [0.15, 0.2) is 54.6 Å². The second-order valence-electron chi connectivity index (χ2n) is 8.08. The Kier molecular flexibility index (Phi) is 5.00. The number of rotatable bonds is 5. The SMILES string of the molecule is CC(=O)NC1(c2ccccc2)CCN(C[C@@H]2C[C@@H]2c2ccc(F)cc2)CC1. The number of carbonyl (C=O) groups excluding carboxylic acids is 1. The van der Waals surface area contributed by atoms with E-state index >= 15 is 0 Å². The Morgan fingerprint density at radius 3 is 2.41 bits per heavy atom. The highest BCUT2D eigenvalue weighted by atomic mass is 19.1. The first-order valence-electron chi connectivity index (χ1n) is 9.88. The minimum Gasteiger partial charge on any atom is -0.347 e. The van der Waals surface area contributed by atoms with Gasteiger partial charge in [0.1, 0.15) is 5.82 Å². The average molecular weight is 366 g/mol. The molecular formula is C23H27FN2O. The largest absolute Gasteiger partial charge is 0.347 e. The van der Waals surface area contributed by atoms with Crippen LogP contribution in [0.25, 0.3) is 0 Å². The van der Waals surface area contributed by atoms with Crippen LogP contribution >= 0.6 is 0 Å². The lowest BCUT2D eigenvalue weighted by atomic mass is 9.80. The number of benzene rings is 2. The van der Waals surface area contributed by atoms with Gasteiger partial charge in [-0.05, 0) is 54.4 Å². The third-order valence-corrected chi connectivity index (χ3v) is 6.16. The van der Waals surface area contributed by atoms with Crippen molar-refractivity contribution >= 4 is 5.91 Å². The smallest absolute Gasteiger partial charge is 0.217 e. The van der Waals surface area contributed by atoms with Gasteiger partial charge in [0.25, 0.3) is 0 Å². The van der Waals surface area contributed by atoms with Gasteiger partial charge in [-0.1, -0.05) is 42.5 Å². The number of halogens is 1. The predicted molar refractivity (Wildman–Crippen MR) is 105 cm³/mol. The van der Waals surface area contributed by atoms with Gasteiger partial charge < -0.3 is 10.2 Å². The first-order chi connectivity index (χ1) is 13.1. The molecule has 2 aromatic carbocycles. The van der Waals surface area contributed by atoms with Gasteiger partial charge in [-0.25, -0.2) is 4.39 Å². The zero-order valence-corrected chi connectivity index (χ0v) is 15.8. The minimum absolute atomic E-state index is 0.0332. The van der Waals surface area contributed by atoms with Crippen molar-refractivity contribution in [3.05, 3.63) is 71.5 Å². The number of piperidine rings is 1. The number of nitrogens with zero attached hydrogens (tertiary/aromatic N) is 1. The van der Waals surface area contributed by atoms with Crippen LogP contribution in [0.1, 0.15) is 43.2 Å². The molecule has 3 nitrogen and oxygen atoms in total. The standard InChI is InChI=1S/C23H27FN2O/c1-17(27)25-23(20-5-3-2-4-6-20)11-13-26(14-12-23)16-19-15-22(19)18-7-9-21(24)10-8-18/h2-10,19,22H,11-16H2,1H3,(H,25,27)/t19-,22+/m0/s1. The van der Waals surface area contributed by atoms with Gasteiger partial charge in [0.05, 0.1) is 5.54 Å². The molecule has 0 unspecified atom stereocenters. The van der Waals surface area contributed by atoms with Crippen molar-refractivity contribution in [2.75, 3.05) is 19.6 Å². The summed E-state index contributed by atoms with van der Waals surface area (Å²) in [6.45, 7) is 4.67. The van der Waals surface area contributed by atoms with Crippen LogP contribution in [0.2, 0.25) is 0 Å². The number of hydrogen-bond donors (Lipinski definition) is 1. The second kappa shape index (κ2) is 7.43. The van der Waals surface area contributed by atoms with E-state index in [1.807, 2.05) is 30.3 Å². The lowest BCUT2D eigenvalue weighted by molar-refractivity contribution is -0.121. The van der Waals surface area contributed by atoms with E-state index in [4.69, 9.17) is 0 Å². The van der Waals surface area contributed by atoms with Crippen LogP contribution in [0.5, 0.6) is 0 Å². The summed E-state index contributed by atoms with van der Waals surface area (Å²) in [7, 11) is 0. The van der Waals surface area contributed by atoms with Gasteiger partial charge in [0.15, 0.2) is 0 Å². The fourth-order valence-electron chi connectivity index (χ4n) is 4.60. The maximum absolute atomic E-state index is 13.1. The van der Waals surface area contributed by atoms with Crippen LogP contribution in [-0.4, -0.2) is 30.4 Å². The molecule has 1 aliphatic carbocycles. The Labute approximate surface area is 160 Å². The number of likely N-dealkylation sites (tertiary alicyclic amines) is 1. The molecule has 2 aliphatic rings. The molecule has 2 fully saturated rings. The summed E-state index contributed by atoms with van der Waals surface area (Å²) in [4.78, 5) is 14.4. The van der Waals surface area contributed by atoms with Gasteiger partial charge in [-0.15, -0.1) is 0 Å². The van der Waals surface area contributed by atoms with Crippen LogP contribution in [0, 0.1) is 11.7 Å². The number of hydrogen-bond acceptors (Lipinski definition) is 2. The Bertz CT molecular complexity index is 782. The van der Waals surface area contributed by atoms with Crippen molar-refractivity contribution in [1.29, 1.82) is 0 Å². The zero-order valence-electron chi connectivity index (χ0n) is 15.8. The van der Waals surface area contributed by atoms with E-state index in [1.54, 1.807) is 19.1 Å². The monoisotopic (exact) mass is 366 g/mol. The summed E-state index contributed by atoms with van der Waals surface area (Å²) in [6.07, 6.45) is 3.06. The van der Waals surface area contributed by atoms with E-state index in [0.717, 1.165) is 32.5 Å². The van der Waals surface area contributed by atoms with Crippen LogP contribution in [-0.2, 0) is 10.3 Å². The molecule has 1 amide bonds. The molecule has 0 aromatic heterocycles. The van der Waals surface area contributed by atoms with Crippen LogP contribution in [0.4, 0.5) is 4.39 Å². The highest BCUT2D eigenvalue weighted by Crippen LogP contribution is 2.48. The molecule has 0 bridgehead atoms. The Balaban J connectivity index is 1.36. The summed E-state index contributed by atoms with van der Waals surface area (Å²) < 4.78 is 13.1. The fourth-order valence-corrected chi connectivity index (χ4v) is 4.60. The molecule has 4 rings (SSSR count). The summed E-state index contributed by atoms with van der Waals surface area (Å²) in [5, 5.41) is 3.24. The van der Waals surface area contributed by atoms with Gasteiger partial charge in [-0.2, -0.15) is 0 Å². The molecule has 0 radical (unpaired) electrons. The lowest BCUT2D eigenvalue weighted by Gasteiger charge is -2.43. The van der Waals surface area contributed by atoms with E-state index in [2.05, 4.69) is 22.3 Å². The maximum atomic E-state index is 13.1. The van der Waals surface area contributed by atoms with Crippen molar-refractivity contribution in [3.63, 3.8) is 0 Å².